The predicted octanol–water partition coefficient (Wildman–Crippen LogP) is 2.65. The first-order chi connectivity index (χ1) is 6.87. The Balaban J connectivity index is 2.50. The molecule has 1 spiro atoms. The Morgan fingerprint density at radius 2 is 2.13 bits per heavy atom. The van der Waals surface area contributed by atoms with Crippen LogP contribution in [-0.4, -0.2) is 17.5 Å². The molecular weight excluding hydrogens is 188 g/mol. The van der Waals surface area contributed by atoms with E-state index in [1.165, 1.54) is 0 Å². The summed E-state index contributed by atoms with van der Waals surface area (Å²) in [6.45, 7) is 8.22. The molecule has 82 valence electrons. The van der Waals surface area contributed by atoms with Crippen LogP contribution in [0.4, 0.5) is 0 Å². The molecule has 0 aromatic heterocycles. The summed E-state index contributed by atoms with van der Waals surface area (Å²) in [5.74, 6) is 0.208. The molecule has 0 radical (unpaired) electrons. The summed E-state index contributed by atoms with van der Waals surface area (Å²) in [4.78, 5) is 11.6. The number of hydrogen-bond acceptors (Lipinski definition) is 2. The second-order valence-electron chi connectivity index (χ2n) is 5.27. The zero-order chi connectivity index (χ0) is 11.3. The van der Waals surface area contributed by atoms with Gasteiger partial charge in [0.25, 0.3) is 0 Å². The standard InChI is InChI=1S/C13H18O2/c1-9-7-11(14)8-12(3,4)13(9)6-5-10(2)15-13/h5-7,10H,8H2,1-4H3/t10-,13-/m1/s1. The monoisotopic (exact) mass is 206 g/mol. The van der Waals surface area contributed by atoms with Crippen molar-refractivity contribution in [2.24, 2.45) is 5.41 Å². The van der Waals surface area contributed by atoms with Gasteiger partial charge in [-0.25, -0.2) is 0 Å². The van der Waals surface area contributed by atoms with Gasteiger partial charge in [-0.3, -0.25) is 4.79 Å². The van der Waals surface area contributed by atoms with E-state index in [0.29, 0.717) is 6.42 Å². The fraction of sp³-hybridized carbons (Fsp3) is 0.615. The molecule has 1 aliphatic carbocycles. The maximum Gasteiger partial charge on any atom is 0.156 e. The SMILES string of the molecule is CC1=CC(=O)CC(C)(C)[C@@]12C=C[C@@H](C)O2. The fourth-order valence-corrected chi connectivity index (χ4v) is 2.75. The average Bonchev–Trinajstić information content (AvgIpc) is 2.45. The van der Waals surface area contributed by atoms with Gasteiger partial charge in [-0.1, -0.05) is 19.9 Å². The van der Waals surface area contributed by atoms with Gasteiger partial charge in [-0.2, -0.15) is 0 Å². The van der Waals surface area contributed by atoms with Crippen LogP contribution < -0.4 is 0 Å². The van der Waals surface area contributed by atoms with Gasteiger partial charge in [-0.15, -0.1) is 0 Å². The molecule has 2 rings (SSSR count). The molecule has 0 amide bonds. The molecule has 0 bridgehead atoms. The molecule has 1 heterocycles. The molecule has 15 heavy (non-hydrogen) atoms. The van der Waals surface area contributed by atoms with Crippen molar-refractivity contribution in [3.8, 4) is 0 Å². The van der Waals surface area contributed by atoms with Crippen molar-refractivity contribution in [3.63, 3.8) is 0 Å². The van der Waals surface area contributed by atoms with E-state index in [1.54, 1.807) is 6.08 Å². The van der Waals surface area contributed by atoms with Crippen LogP contribution in [0, 0.1) is 5.41 Å². The van der Waals surface area contributed by atoms with Gasteiger partial charge in [-0.05, 0) is 31.6 Å². The second-order valence-corrected chi connectivity index (χ2v) is 5.27. The van der Waals surface area contributed by atoms with Gasteiger partial charge in [0.2, 0.25) is 0 Å². The van der Waals surface area contributed by atoms with Crippen molar-refractivity contribution in [2.45, 2.75) is 45.8 Å². The van der Waals surface area contributed by atoms with Crippen molar-refractivity contribution in [3.05, 3.63) is 23.8 Å². The Morgan fingerprint density at radius 1 is 1.47 bits per heavy atom. The number of allylic oxidation sites excluding steroid dienone is 1. The first-order valence-electron chi connectivity index (χ1n) is 5.46. The highest BCUT2D eigenvalue weighted by Crippen LogP contribution is 2.49. The summed E-state index contributed by atoms with van der Waals surface area (Å²) in [6, 6.07) is 0. The number of hydrogen-bond donors (Lipinski definition) is 0. The van der Waals surface area contributed by atoms with Gasteiger partial charge in [0, 0.05) is 11.8 Å². The van der Waals surface area contributed by atoms with Gasteiger partial charge in [0.15, 0.2) is 5.78 Å². The van der Waals surface area contributed by atoms with E-state index in [9.17, 15) is 4.79 Å². The molecule has 0 N–H and O–H groups in total. The number of rotatable bonds is 0. The molecule has 0 saturated heterocycles. The lowest BCUT2D eigenvalue weighted by atomic mass is 9.65. The molecule has 2 nitrogen and oxygen atoms in total. The predicted molar refractivity (Wildman–Crippen MR) is 59.6 cm³/mol. The van der Waals surface area contributed by atoms with Gasteiger partial charge >= 0.3 is 0 Å². The third-order valence-electron chi connectivity index (χ3n) is 3.56. The maximum atomic E-state index is 11.6. The second kappa shape index (κ2) is 3.05. The summed E-state index contributed by atoms with van der Waals surface area (Å²) in [5.41, 5.74) is 0.522. The number of carbonyl (C=O) groups excluding carboxylic acids is 1. The van der Waals surface area contributed by atoms with E-state index in [-0.39, 0.29) is 22.9 Å². The largest absolute Gasteiger partial charge is 0.359 e. The fourth-order valence-electron chi connectivity index (χ4n) is 2.75. The molecule has 2 heteroatoms. The summed E-state index contributed by atoms with van der Waals surface area (Å²) < 4.78 is 6.03. The molecule has 0 unspecified atom stereocenters. The zero-order valence-electron chi connectivity index (χ0n) is 9.83. The van der Waals surface area contributed by atoms with Crippen molar-refractivity contribution in [2.75, 3.05) is 0 Å². The molecule has 2 aliphatic rings. The Kier molecular flexibility index (Phi) is 2.16. The minimum Gasteiger partial charge on any atom is -0.359 e. The maximum absolute atomic E-state index is 11.6. The lowest BCUT2D eigenvalue weighted by Gasteiger charge is -2.46. The highest BCUT2D eigenvalue weighted by molar-refractivity contribution is 5.92. The third kappa shape index (κ3) is 1.39. The van der Waals surface area contributed by atoms with Crippen LogP contribution >= 0.6 is 0 Å². The van der Waals surface area contributed by atoms with E-state index in [0.717, 1.165) is 5.57 Å². The minimum absolute atomic E-state index is 0.140. The van der Waals surface area contributed by atoms with Crippen LogP contribution in [0.15, 0.2) is 23.8 Å². The molecule has 0 saturated carbocycles. The summed E-state index contributed by atoms with van der Waals surface area (Å²) in [5, 5.41) is 0. The highest BCUT2D eigenvalue weighted by atomic mass is 16.5. The molecule has 0 aromatic carbocycles. The van der Waals surface area contributed by atoms with Gasteiger partial charge in [0.1, 0.15) is 5.60 Å². The average molecular weight is 206 g/mol. The topological polar surface area (TPSA) is 26.3 Å². The number of carbonyl (C=O) groups is 1. The van der Waals surface area contributed by atoms with E-state index >= 15 is 0 Å². The van der Waals surface area contributed by atoms with Crippen LogP contribution in [0.1, 0.15) is 34.1 Å². The smallest absolute Gasteiger partial charge is 0.156 e. The summed E-state index contributed by atoms with van der Waals surface area (Å²) in [7, 11) is 0. The lowest BCUT2D eigenvalue weighted by molar-refractivity contribution is -0.125. The summed E-state index contributed by atoms with van der Waals surface area (Å²) in [6.07, 6.45) is 6.63. The Hall–Kier alpha value is -0.890. The zero-order valence-corrected chi connectivity index (χ0v) is 9.83. The molecule has 1 aliphatic heterocycles. The quantitative estimate of drug-likeness (QED) is 0.569. The van der Waals surface area contributed by atoms with Crippen molar-refractivity contribution in [1.29, 1.82) is 0 Å². The normalized spacial score (nSPS) is 38.5. The Morgan fingerprint density at radius 3 is 2.60 bits per heavy atom. The highest BCUT2D eigenvalue weighted by Gasteiger charge is 2.51. The van der Waals surface area contributed by atoms with E-state index < -0.39 is 0 Å². The first-order valence-corrected chi connectivity index (χ1v) is 5.46. The minimum atomic E-state index is -0.361. The van der Waals surface area contributed by atoms with Gasteiger partial charge in [0.05, 0.1) is 6.10 Å². The van der Waals surface area contributed by atoms with Crippen molar-refractivity contribution < 1.29 is 9.53 Å². The van der Waals surface area contributed by atoms with Crippen LogP contribution in [0.25, 0.3) is 0 Å². The molecule has 0 fully saturated rings. The molecule has 0 aromatic rings. The van der Waals surface area contributed by atoms with Crippen LogP contribution in [0.3, 0.4) is 0 Å². The Bertz CT molecular complexity index is 363. The lowest BCUT2D eigenvalue weighted by Crippen LogP contribution is -2.49. The van der Waals surface area contributed by atoms with E-state index in [2.05, 4.69) is 26.0 Å². The molecule has 2 atom stereocenters. The number of ether oxygens (including phenoxy) is 1. The van der Waals surface area contributed by atoms with Crippen molar-refractivity contribution >= 4 is 5.78 Å². The van der Waals surface area contributed by atoms with E-state index in [4.69, 9.17) is 4.74 Å². The van der Waals surface area contributed by atoms with E-state index in [1.807, 2.05) is 13.8 Å². The van der Waals surface area contributed by atoms with Crippen molar-refractivity contribution in [1.82, 2.24) is 0 Å². The number of ketones is 1. The molecular formula is C13H18O2. The van der Waals surface area contributed by atoms with Crippen LogP contribution in [0.2, 0.25) is 0 Å². The summed E-state index contributed by atoms with van der Waals surface area (Å²) >= 11 is 0. The first kappa shape index (κ1) is 10.6. The van der Waals surface area contributed by atoms with Crippen LogP contribution in [0.5, 0.6) is 0 Å². The van der Waals surface area contributed by atoms with Crippen LogP contribution in [-0.2, 0) is 9.53 Å². The van der Waals surface area contributed by atoms with Gasteiger partial charge < -0.3 is 4.74 Å². The third-order valence-corrected chi connectivity index (χ3v) is 3.56. The Labute approximate surface area is 91.0 Å².